The molecule has 0 saturated carbocycles. The van der Waals surface area contributed by atoms with Crippen molar-refractivity contribution in [1.82, 2.24) is 5.32 Å². The van der Waals surface area contributed by atoms with E-state index >= 15 is 0 Å². The summed E-state index contributed by atoms with van der Waals surface area (Å²) in [4.78, 5) is 11.1. The van der Waals surface area contributed by atoms with E-state index in [9.17, 15) is 4.79 Å². The molecular weight excluding hydrogens is 154 g/mol. The quantitative estimate of drug-likeness (QED) is 0.711. The Hall–Kier alpha value is -1.09. The van der Waals surface area contributed by atoms with Crippen molar-refractivity contribution in [3.8, 4) is 0 Å². The molecule has 1 heterocycles. The van der Waals surface area contributed by atoms with Crippen LogP contribution in [0, 0.1) is 0 Å². The largest absolute Gasteiger partial charge is 0.469 e. The van der Waals surface area contributed by atoms with E-state index in [1.54, 1.807) is 12.3 Å². The van der Waals surface area contributed by atoms with Gasteiger partial charge in [0.15, 0.2) is 5.78 Å². The summed E-state index contributed by atoms with van der Waals surface area (Å²) in [7, 11) is 0. The van der Waals surface area contributed by atoms with E-state index < -0.39 is 0 Å². The Morgan fingerprint density at radius 3 is 3.08 bits per heavy atom. The van der Waals surface area contributed by atoms with Crippen LogP contribution >= 0.6 is 0 Å². The van der Waals surface area contributed by atoms with Crippen LogP contribution in [0.5, 0.6) is 0 Å². The van der Waals surface area contributed by atoms with Crippen molar-refractivity contribution in [2.45, 2.75) is 13.3 Å². The molecule has 66 valence electrons. The molecule has 1 aromatic rings. The van der Waals surface area contributed by atoms with Gasteiger partial charge in [-0.2, -0.15) is 0 Å². The molecule has 0 aromatic carbocycles. The summed E-state index contributed by atoms with van der Waals surface area (Å²) in [6.45, 7) is 3.22. The molecule has 0 unspecified atom stereocenters. The minimum Gasteiger partial charge on any atom is -0.469 e. The highest BCUT2D eigenvalue weighted by molar-refractivity contribution is 5.82. The summed E-state index contributed by atoms with van der Waals surface area (Å²) in [5, 5.41) is 2.97. The molecule has 0 amide bonds. The molecule has 0 bridgehead atoms. The Labute approximate surface area is 71.8 Å². The second kappa shape index (κ2) is 4.72. The third kappa shape index (κ3) is 2.88. The zero-order chi connectivity index (χ0) is 8.81. The van der Waals surface area contributed by atoms with Crippen LogP contribution in [0.4, 0.5) is 0 Å². The molecule has 0 aliphatic rings. The Morgan fingerprint density at radius 2 is 2.50 bits per heavy atom. The molecule has 0 spiro atoms. The van der Waals surface area contributed by atoms with Crippen LogP contribution in [0.1, 0.15) is 12.7 Å². The van der Waals surface area contributed by atoms with Gasteiger partial charge < -0.3 is 9.73 Å². The monoisotopic (exact) mass is 167 g/mol. The van der Waals surface area contributed by atoms with Crippen molar-refractivity contribution in [3.63, 3.8) is 0 Å². The SMILES string of the molecule is CCNCC(=O)Cc1ccco1. The highest BCUT2D eigenvalue weighted by Gasteiger charge is 2.03. The van der Waals surface area contributed by atoms with Crippen LogP contribution in [-0.2, 0) is 11.2 Å². The Bertz CT molecular complexity index is 229. The Balaban J connectivity index is 2.27. The molecule has 0 atom stereocenters. The fourth-order valence-corrected chi connectivity index (χ4v) is 0.934. The predicted octanol–water partition coefficient (Wildman–Crippen LogP) is 1.00. The molecule has 12 heavy (non-hydrogen) atoms. The van der Waals surface area contributed by atoms with Crippen LogP contribution in [-0.4, -0.2) is 18.9 Å². The highest BCUT2D eigenvalue weighted by atomic mass is 16.3. The van der Waals surface area contributed by atoms with Gasteiger partial charge in [0, 0.05) is 0 Å². The fourth-order valence-electron chi connectivity index (χ4n) is 0.934. The average molecular weight is 167 g/mol. The predicted molar refractivity (Wildman–Crippen MR) is 46.0 cm³/mol. The summed E-state index contributed by atoms with van der Waals surface area (Å²) in [6, 6.07) is 3.60. The number of rotatable bonds is 5. The van der Waals surface area contributed by atoms with Gasteiger partial charge in [-0.1, -0.05) is 6.92 Å². The Morgan fingerprint density at radius 1 is 1.67 bits per heavy atom. The van der Waals surface area contributed by atoms with Gasteiger partial charge in [0.25, 0.3) is 0 Å². The van der Waals surface area contributed by atoms with Gasteiger partial charge in [-0.15, -0.1) is 0 Å². The maximum atomic E-state index is 11.1. The Kier molecular flexibility index (Phi) is 3.54. The van der Waals surface area contributed by atoms with E-state index in [-0.39, 0.29) is 5.78 Å². The molecule has 3 heteroatoms. The first-order valence-corrected chi connectivity index (χ1v) is 4.07. The van der Waals surface area contributed by atoms with Gasteiger partial charge in [0.1, 0.15) is 5.76 Å². The second-order valence-electron chi connectivity index (χ2n) is 2.58. The third-order valence-corrected chi connectivity index (χ3v) is 1.52. The molecular formula is C9H13NO2. The lowest BCUT2D eigenvalue weighted by Crippen LogP contribution is -2.23. The number of likely N-dealkylation sites (N-methyl/N-ethyl adjacent to an activating group) is 1. The van der Waals surface area contributed by atoms with Gasteiger partial charge in [0.2, 0.25) is 0 Å². The first kappa shape index (κ1) is 9.00. The number of Topliss-reactive ketones (excluding diaryl/α,β-unsaturated/α-hetero) is 1. The van der Waals surface area contributed by atoms with Gasteiger partial charge >= 0.3 is 0 Å². The summed E-state index contributed by atoms with van der Waals surface area (Å²) in [5.74, 6) is 0.893. The summed E-state index contributed by atoms with van der Waals surface area (Å²) in [6.07, 6.45) is 1.97. The van der Waals surface area contributed by atoms with E-state index in [0.29, 0.717) is 13.0 Å². The zero-order valence-electron chi connectivity index (χ0n) is 7.17. The maximum absolute atomic E-state index is 11.1. The van der Waals surface area contributed by atoms with E-state index in [2.05, 4.69) is 5.32 Å². The van der Waals surface area contributed by atoms with Crippen LogP contribution in [0.15, 0.2) is 22.8 Å². The van der Waals surface area contributed by atoms with Crippen LogP contribution < -0.4 is 5.32 Å². The van der Waals surface area contributed by atoms with Gasteiger partial charge in [-0.05, 0) is 18.7 Å². The van der Waals surface area contributed by atoms with Crippen molar-refractivity contribution < 1.29 is 9.21 Å². The molecule has 1 aromatic heterocycles. The molecule has 0 fully saturated rings. The van der Waals surface area contributed by atoms with E-state index in [1.165, 1.54) is 0 Å². The summed E-state index contributed by atoms with van der Waals surface area (Å²) >= 11 is 0. The van der Waals surface area contributed by atoms with Crippen molar-refractivity contribution in [2.24, 2.45) is 0 Å². The number of hydrogen-bond donors (Lipinski definition) is 1. The highest BCUT2D eigenvalue weighted by Crippen LogP contribution is 2.00. The van der Waals surface area contributed by atoms with Crippen molar-refractivity contribution >= 4 is 5.78 Å². The van der Waals surface area contributed by atoms with Crippen LogP contribution in [0.25, 0.3) is 0 Å². The number of carbonyl (C=O) groups excluding carboxylic acids is 1. The van der Waals surface area contributed by atoms with Crippen LogP contribution in [0.2, 0.25) is 0 Å². The fraction of sp³-hybridized carbons (Fsp3) is 0.444. The van der Waals surface area contributed by atoms with Gasteiger partial charge in [0.05, 0.1) is 19.2 Å². The van der Waals surface area contributed by atoms with Crippen molar-refractivity contribution in [3.05, 3.63) is 24.2 Å². The van der Waals surface area contributed by atoms with Crippen LogP contribution in [0.3, 0.4) is 0 Å². The van der Waals surface area contributed by atoms with E-state index in [4.69, 9.17) is 4.42 Å². The third-order valence-electron chi connectivity index (χ3n) is 1.52. The lowest BCUT2D eigenvalue weighted by molar-refractivity contribution is -0.117. The van der Waals surface area contributed by atoms with E-state index in [1.807, 2.05) is 13.0 Å². The standard InChI is InChI=1S/C9H13NO2/c1-2-10-7-8(11)6-9-4-3-5-12-9/h3-5,10H,2,6-7H2,1H3. The number of hydrogen-bond acceptors (Lipinski definition) is 3. The zero-order valence-corrected chi connectivity index (χ0v) is 7.17. The van der Waals surface area contributed by atoms with E-state index in [0.717, 1.165) is 12.3 Å². The molecule has 3 nitrogen and oxygen atoms in total. The first-order valence-electron chi connectivity index (χ1n) is 4.07. The minimum absolute atomic E-state index is 0.159. The maximum Gasteiger partial charge on any atom is 0.154 e. The first-order chi connectivity index (χ1) is 5.83. The number of ketones is 1. The number of furan rings is 1. The lowest BCUT2D eigenvalue weighted by Gasteiger charge is -1.98. The normalized spacial score (nSPS) is 10.1. The molecule has 0 radical (unpaired) electrons. The minimum atomic E-state index is 0.159. The van der Waals surface area contributed by atoms with Gasteiger partial charge in [-0.3, -0.25) is 4.79 Å². The van der Waals surface area contributed by atoms with Crippen molar-refractivity contribution in [2.75, 3.05) is 13.1 Å². The smallest absolute Gasteiger partial charge is 0.154 e. The second-order valence-corrected chi connectivity index (χ2v) is 2.58. The lowest BCUT2D eigenvalue weighted by atomic mass is 10.2. The summed E-state index contributed by atoms with van der Waals surface area (Å²) < 4.78 is 5.04. The summed E-state index contributed by atoms with van der Waals surface area (Å²) in [5.41, 5.74) is 0. The molecule has 1 rings (SSSR count). The average Bonchev–Trinajstić information content (AvgIpc) is 2.53. The topological polar surface area (TPSA) is 42.2 Å². The molecule has 1 N–H and O–H groups in total. The molecule has 0 aliphatic carbocycles. The molecule has 0 aliphatic heterocycles. The van der Waals surface area contributed by atoms with Crippen molar-refractivity contribution in [1.29, 1.82) is 0 Å². The number of nitrogens with one attached hydrogen (secondary N) is 1. The number of carbonyl (C=O) groups is 1. The van der Waals surface area contributed by atoms with Gasteiger partial charge in [-0.25, -0.2) is 0 Å². The molecule has 0 saturated heterocycles.